The van der Waals surface area contributed by atoms with Crippen molar-refractivity contribution in [2.24, 2.45) is 0 Å². The number of furan rings is 1. The number of hydrogen-bond donors (Lipinski definition) is 1. The average molecular weight is 414 g/mol. The van der Waals surface area contributed by atoms with Gasteiger partial charge in [-0.25, -0.2) is 4.98 Å². The van der Waals surface area contributed by atoms with Gasteiger partial charge in [0.1, 0.15) is 5.58 Å². The molecule has 0 atom stereocenters. The number of nitrogens with zero attached hydrogens (tertiary/aromatic N) is 2. The molecule has 0 unspecified atom stereocenters. The molecule has 0 aliphatic carbocycles. The lowest BCUT2D eigenvalue weighted by Crippen LogP contribution is -2.10. The summed E-state index contributed by atoms with van der Waals surface area (Å²) in [7, 11) is 0. The average Bonchev–Trinajstić information content (AvgIpc) is 3.18. The first-order valence-electron chi connectivity index (χ1n) is 7.49. The minimum absolute atomic E-state index is 0.250. The number of aromatic nitrogens is 2. The van der Waals surface area contributed by atoms with Gasteiger partial charge < -0.3 is 4.42 Å². The van der Waals surface area contributed by atoms with E-state index in [0.717, 1.165) is 26.1 Å². The van der Waals surface area contributed by atoms with Crippen molar-refractivity contribution >= 4 is 49.3 Å². The molecule has 0 radical (unpaired) electrons. The van der Waals surface area contributed by atoms with Crippen LogP contribution in [0.25, 0.3) is 21.5 Å². The Morgan fingerprint density at radius 1 is 1.24 bits per heavy atom. The molecule has 0 bridgehead atoms. The summed E-state index contributed by atoms with van der Waals surface area (Å²) in [5.74, 6) is -0.0750. The van der Waals surface area contributed by atoms with E-state index in [2.05, 4.69) is 31.2 Å². The first-order chi connectivity index (χ1) is 12.1. The van der Waals surface area contributed by atoms with Crippen LogP contribution >= 0.6 is 27.3 Å². The molecular formula is C18H12BrN3O2S. The molecule has 124 valence electrons. The number of carbonyl (C=O) groups is 1. The summed E-state index contributed by atoms with van der Waals surface area (Å²) in [6, 6.07) is 13.0. The van der Waals surface area contributed by atoms with Gasteiger partial charge in [0.2, 0.25) is 0 Å². The number of nitrogens with one attached hydrogen (secondary N) is 1. The molecule has 7 heteroatoms. The lowest BCUT2D eigenvalue weighted by atomic mass is 10.2. The fourth-order valence-corrected chi connectivity index (χ4v) is 3.79. The van der Waals surface area contributed by atoms with Crippen LogP contribution in [-0.4, -0.2) is 15.9 Å². The summed E-state index contributed by atoms with van der Waals surface area (Å²) < 4.78 is 6.54. The first kappa shape index (κ1) is 16.0. The van der Waals surface area contributed by atoms with E-state index in [-0.39, 0.29) is 11.7 Å². The second-order valence-corrected chi connectivity index (χ2v) is 7.31. The Kier molecular flexibility index (Phi) is 4.10. The number of rotatable bonds is 3. The Balaban J connectivity index is 1.60. The van der Waals surface area contributed by atoms with Gasteiger partial charge in [0, 0.05) is 16.1 Å². The number of thiazole rings is 1. The van der Waals surface area contributed by atoms with Crippen molar-refractivity contribution < 1.29 is 9.21 Å². The number of fused-ring (bicyclic) bond motifs is 1. The Hall–Kier alpha value is -2.51. The van der Waals surface area contributed by atoms with Gasteiger partial charge >= 0.3 is 0 Å². The van der Waals surface area contributed by atoms with Crippen molar-refractivity contribution in [3.05, 3.63) is 64.6 Å². The molecule has 4 rings (SSSR count). The fourth-order valence-electron chi connectivity index (χ4n) is 2.47. The van der Waals surface area contributed by atoms with Crippen LogP contribution in [0.3, 0.4) is 0 Å². The highest BCUT2D eigenvalue weighted by Crippen LogP contribution is 2.32. The molecule has 0 aliphatic rings. The van der Waals surface area contributed by atoms with Gasteiger partial charge in [-0.1, -0.05) is 33.3 Å². The molecule has 0 aliphatic heterocycles. The molecule has 5 nitrogen and oxygen atoms in total. The summed E-state index contributed by atoms with van der Waals surface area (Å²) in [5.41, 5.74) is 2.33. The van der Waals surface area contributed by atoms with Crippen molar-refractivity contribution in [2.45, 2.75) is 6.92 Å². The molecule has 0 saturated heterocycles. The predicted molar refractivity (Wildman–Crippen MR) is 102 cm³/mol. The standard InChI is InChI=1S/C18H12BrN3O2S/c1-10-16(13-4-2-3-7-20-13)25-18(21-10)22-17(23)15-9-11-8-12(19)5-6-14(11)24-15/h2-9H,1H3,(H,21,22,23). The molecule has 3 heterocycles. The maximum atomic E-state index is 12.5. The third-order valence-electron chi connectivity index (χ3n) is 3.62. The third kappa shape index (κ3) is 3.20. The number of aryl methyl sites for hydroxylation is 1. The van der Waals surface area contributed by atoms with E-state index in [1.807, 2.05) is 43.3 Å². The van der Waals surface area contributed by atoms with E-state index in [0.29, 0.717) is 10.7 Å². The van der Waals surface area contributed by atoms with Crippen LogP contribution in [0, 0.1) is 6.92 Å². The van der Waals surface area contributed by atoms with E-state index < -0.39 is 0 Å². The molecule has 0 saturated carbocycles. The lowest BCUT2D eigenvalue weighted by Gasteiger charge is -1.97. The van der Waals surface area contributed by atoms with Crippen molar-refractivity contribution in [3.63, 3.8) is 0 Å². The molecule has 0 fully saturated rings. The zero-order chi connectivity index (χ0) is 17.4. The summed E-state index contributed by atoms with van der Waals surface area (Å²) in [5, 5.41) is 4.18. The van der Waals surface area contributed by atoms with Crippen LogP contribution in [0.4, 0.5) is 5.13 Å². The minimum Gasteiger partial charge on any atom is -0.451 e. The monoisotopic (exact) mass is 413 g/mol. The molecule has 1 N–H and O–H groups in total. The van der Waals surface area contributed by atoms with Crippen LogP contribution in [0.15, 0.2) is 57.6 Å². The summed E-state index contributed by atoms with van der Waals surface area (Å²) in [6.07, 6.45) is 1.74. The van der Waals surface area contributed by atoms with E-state index in [4.69, 9.17) is 4.42 Å². The van der Waals surface area contributed by atoms with Crippen LogP contribution < -0.4 is 5.32 Å². The Morgan fingerprint density at radius 3 is 2.92 bits per heavy atom. The molecule has 1 amide bonds. The van der Waals surface area contributed by atoms with Crippen molar-refractivity contribution in [3.8, 4) is 10.6 Å². The highest BCUT2D eigenvalue weighted by atomic mass is 79.9. The molecule has 1 aromatic carbocycles. The largest absolute Gasteiger partial charge is 0.451 e. The fraction of sp³-hybridized carbons (Fsp3) is 0.0556. The van der Waals surface area contributed by atoms with E-state index in [1.165, 1.54) is 11.3 Å². The quantitative estimate of drug-likeness (QED) is 0.496. The van der Waals surface area contributed by atoms with Gasteiger partial charge in [0.05, 0.1) is 16.3 Å². The molecule has 25 heavy (non-hydrogen) atoms. The van der Waals surface area contributed by atoms with Crippen LogP contribution in [0.5, 0.6) is 0 Å². The number of amides is 1. The molecule has 3 aromatic heterocycles. The second-order valence-electron chi connectivity index (χ2n) is 5.40. The molecule has 0 spiro atoms. The number of benzene rings is 1. The van der Waals surface area contributed by atoms with Crippen molar-refractivity contribution in [1.82, 2.24) is 9.97 Å². The van der Waals surface area contributed by atoms with E-state index in [1.54, 1.807) is 12.3 Å². The maximum Gasteiger partial charge on any atom is 0.293 e. The highest BCUT2D eigenvalue weighted by molar-refractivity contribution is 9.10. The minimum atomic E-state index is -0.325. The van der Waals surface area contributed by atoms with Gasteiger partial charge in [-0.3, -0.25) is 15.1 Å². The van der Waals surface area contributed by atoms with Crippen LogP contribution in [0.1, 0.15) is 16.2 Å². The van der Waals surface area contributed by atoms with Gasteiger partial charge in [-0.15, -0.1) is 0 Å². The van der Waals surface area contributed by atoms with Gasteiger partial charge in [-0.2, -0.15) is 0 Å². The second kappa shape index (κ2) is 6.42. The zero-order valence-electron chi connectivity index (χ0n) is 13.1. The number of pyridine rings is 1. The smallest absolute Gasteiger partial charge is 0.293 e. The van der Waals surface area contributed by atoms with E-state index >= 15 is 0 Å². The molecule has 4 aromatic rings. The van der Waals surface area contributed by atoms with Gasteiger partial charge in [-0.05, 0) is 43.3 Å². The number of carbonyl (C=O) groups excluding carboxylic acids is 1. The highest BCUT2D eigenvalue weighted by Gasteiger charge is 2.16. The summed E-state index contributed by atoms with van der Waals surface area (Å²) in [4.78, 5) is 22.1. The Labute approximate surface area is 155 Å². The van der Waals surface area contributed by atoms with Crippen molar-refractivity contribution in [2.75, 3.05) is 5.32 Å². The third-order valence-corrected chi connectivity index (χ3v) is 5.21. The summed E-state index contributed by atoms with van der Waals surface area (Å²) >= 11 is 4.80. The first-order valence-corrected chi connectivity index (χ1v) is 9.10. The number of anilines is 1. The van der Waals surface area contributed by atoms with E-state index in [9.17, 15) is 4.79 Å². The maximum absolute atomic E-state index is 12.5. The lowest BCUT2D eigenvalue weighted by molar-refractivity contribution is 0.0998. The number of halogens is 1. The van der Waals surface area contributed by atoms with Gasteiger partial charge in [0.15, 0.2) is 10.9 Å². The Morgan fingerprint density at radius 2 is 2.12 bits per heavy atom. The van der Waals surface area contributed by atoms with Gasteiger partial charge in [0.25, 0.3) is 5.91 Å². The normalized spacial score (nSPS) is 11.0. The van der Waals surface area contributed by atoms with Crippen molar-refractivity contribution in [1.29, 1.82) is 0 Å². The van der Waals surface area contributed by atoms with Crippen LogP contribution in [-0.2, 0) is 0 Å². The molecular weight excluding hydrogens is 402 g/mol. The topological polar surface area (TPSA) is 68.0 Å². The zero-order valence-corrected chi connectivity index (χ0v) is 15.5. The number of hydrogen-bond acceptors (Lipinski definition) is 5. The Bertz CT molecular complexity index is 1070. The van der Waals surface area contributed by atoms with Crippen LogP contribution in [0.2, 0.25) is 0 Å². The predicted octanol–water partition coefficient (Wildman–Crippen LogP) is 5.27. The summed E-state index contributed by atoms with van der Waals surface area (Å²) in [6.45, 7) is 1.90. The SMILES string of the molecule is Cc1nc(NC(=O)c2cc3cc(Br)ccc3o2)sc1-c1ccccn1.